The Hall–Kier alpha value is -2.10. The third kappa shape index (κ3) is 2.33. The second-order valence-corrected chi connectivity index (χ2v) is 5.41. The van der Waals surface area contributed by atoms with Gasteiger partial charge in [-0.2, -0.15) is 5.10 Å². The van der Waals surface area contributed by atoms with Crippen LogP contribution >= 0.6 is 0 Å². The van der Waals surface area contributed by atoms with Crippen molar-refractivity contribution in [2.24, 2.45) is 0 Å². The van der Waals surface area contributed by atoms with Crippen molar-refractivity contribution in [1.29, 1.82) is 0 Å². The van der Waals surface area contributed by atoms with Gasteiger partial charge in [0.2, 0.25) is 5.91 Å². The minimum Gasteiger partial charge on any atom is -0.312 e. The molecule has 0 saturated heterocycles. The molecule has 4 heteroatoms. The number of fused-ring (bicyclic) bond motifs is 1. The van der Waals surface area contributed by atoms with Crippen molar-refractivity contribution in [3.05, 3.63) is 47.8 Å². The maximum Gasteiger partial charge on any atom is 0.229 e. The lowest BCUT2D eigenvalue weighted by Crippen LogP contribution is -2.30. The second kappa shape index (κ2) is 5.12. The van der Waals surface area contributed by atoms with E-state index >= 15 is 0 Å². The SMILES string of the molecule is Cc1ccn([C@@H](C)CC(=O)N2CCc3ccccc32)n1. The van der Waals surface area contributed by atoms with E-state index in [1.807, 2.05) is 53.9 Å². The average Bonchev–Trinajstić information content (AvgIpc) is 3.04. The van der Waals surface area contributed by atoms with E-state index in [1.54, 1.807) is 0 Å². The predicted octanol–water partition coefficient (Wildman–Crippen LogP) is 2.73. The fraction of sp³-hybridized carbons (Fsp3) is 0.375. The number of aromatic nitrogens is 2. The molecule has 4 nitrogen and oxygen atoms in total. The third-order valence-electron chi connectivity index (χ3n) is 3.85. The maximum atomic E-state index is 12.5. The molecule has 1 aliphatic heterocycles. The molecule has 0 saturated carbocycles. The predicted molar refractivity (Wildman–Crippen MR) is 78.8 cm³/mol. The highest BCUT2D eigenvalue weighted by Gasteiger charge is 2.25. The Balaban J connectivity index is 1.72. The summed E-state index contributed by atoms with van der Waals surface area (Å²) < 4.78 is 1.87. The Morgan fingerprint density at radius 3 is 2.90 bits per heavy atom. The number of hydrogen-bond donors (Lipinski definition) is 0. The standard InChI is InChI=1S/C16H19N3O/c1-12-7-10-19(17-12)13(2)11-16(20)18-9-8-14-5-3-4-6-15(14)18/h3-7,10,13H,8-9,11H2,1-2H3/t13-/m0/s1. The van der Waals surface area contributed by atoms with Crippen molar-refractivity contribution < 1.29 is 4.79 Å². The largest absolute Gasteiger partial charge is 0.312 e. The van der Waals surface area contributed by atoms with Gasteiger partial charge in [-0.3, -0.25) is 9.48 Å². The summed E-state index contributed by atoms with van der Waals surface area (Å²) in [6.45, 7) is 4.79. The van der Waals surface area contributed by atoms with Crippen LogP contribution in [0.25, 0.3) is 0 Å². The van der Waals surface area contributed by atoms with E-state index in [0.717, 1.165) is 24.3 Å². The average molecular weight is 269 g/mol. The summed E-state index contributed by atoms with van der Waals surface area (Å²) in [6.07, 6.45) is 3.37. The van der Waals surface area contributed by atoms with Crippen LogP contribution in [-0.4, -0.2) is 22.2 Å². The molecular weight excluding hydrogens is 250 g/mol. The van der Waals surface area contributed by atoms with Crippen molar-refractivity contribution in [3.63, 3.8) is 0 Å². The van der Waals surface area contributed by atoms with Gasteiger partial charge in [-0.15, -0.1) is 0 Å². The van der Waals surface area contributed by atoms with Crippen LogP contribution in [0.4, 0.5) is 5.69 Å². The van der Waals surface area contributed by atoms with Crippen LogP contribution < -0.4 is 4.90 Å². The first-order chi connectivity index (χ1) is 9.65. The minimum absolute atomic E-state index is 0.0870. The van der Waals surface area contributed by atoms with E-state index in [2.05, 4.69) is 11.2 Å². The van der Waals surface area contributed by atoms with Gasteiger partial charge in [-0.25, -0.2) is 0 Å². The minimum atomic E-state index is 0.0870. The number of anilines is 1. The van der Waals surface area contributed by atoms with E-state index in [4.69, 9.17) is 0 Å². The summed E-state index contributed by atoms with van der Waals surface area (Å²) in [4.78, 5) is 14.4. The Kier molecular flexibility index (Phi) is 3.30. The van der Waals surface area contributed by atoms with Gasteiger partial charge >= 0.3 is 0 Å². The second-order valence-electron chi connectivity index (χ2n) is 5.41. The molecule has 0 radical (unpaired) electrons. The van der Waals surface area contributed by atoms with Crippen molar-refractivity contribution in [2.75, 3.05) is 11.4 Å². The number of nitrogens with zero attached hydrogens (tertiary/aromatic N) is 3. The van der Waals surface area contributed by atoms with Crippen molar-refractivity contribution in [1.82, 2.24) is 9.78 Å². The Bertz CT molecular complexity index is 632. The highest BCUT2D eigenvalue weighted by Crippen LogP contribution is 2.28. The first-order valence-electron chi connectivity index (χ1n) is 7.05. The van der Waals surface area contributed by atoms with Crippen molar-refractivity contribution in [2.45, 2.75) is 32.7 Å². The number of para-hydroxylation sites is 1. The fourth-order valence-electron chi connectivity index (χ4n) is 2.73. The van der Waals surface area contributed by atoms with Crippen LogP contribution in [0.1, 0.15) is 30.6 Å². The number of rotatable bonds is 3. The zero-order chi connectivity index (χ0) is 14.1. The monoisotopic (exact) mass is 269 g/mol. The van der Waals surface area contributed by atoms with Gasteiger partial charge in [0.1, 0.15) is 0 Å². The van der Waals surface area contributed by atoms with Crippen LogP contribution in [0.5, 0.6) is 0 Å². The Labute approximate surface area is 119 Å². The van der Waals surface area contributed by atoms with Gasteiger partial charge in [0.25, 0.3) is 0 Å². The number of aryl methyl sites for hydroxylation is 1. The highest BCUT2D eigenvalue weighted by atomic mass is 16.2. The van der Waals surface area contributed by atoms with E-state index in [0.29, 0.717) is 6.42 Å². The van der Waals surface area contributed by atoms with Gasteiger partial charge < -0.3 is 4.90 Å². The van der Waals surface area contributed by atoms with Crippen molar-refractivity contribution in [3.8, 4) is 0 Å². The summed E-state index contributed by atoms with van der Waals surface area (Å²) >= 11 is 0. The lowest BCUT2D eigenvalue weighted by Gasteiger charge is -2.20. The topological polar surface area (TPSA) is 38.1 Å². The highest BCUT2D eigenvalue weighted by molar-refractivity contribution is 5.95. The molecule has 1 aromatic carbocycles. The number of amides is 1. The van der Waals surface area contributed by atoms with Gasteiger partial charge in [0.05, 0.1) is 11.7 Å². The summed E-state index contributed by atoms with van der Waals surface area (Å²) in [5, 5.41) is 4.38. The summed E-state index contributed by atoms with van der Waals surface area (Å²) in [5.41, 5.74) is 3.32. The smallest absolute Gasteiger partial charge is 0.229 e. The summed E-state index contributed by atoms with van der Waals surface area (Å²) in [7, 11) is 0. The molecule has 1 amide bonds. The molecule has 2 aromatic rings. The molecule has 0 aliphatic carbocycles. The van der Waals surface area contributed by atoms with Gasteiger partial charge in [0, 0.05) is 24.8 Å². The summed E-state index contributed by atoms with van der Waals surface area (Å²) in [5.74, 6) is 0.176. The Morgan fingerprint density at radius 1 is 1.35 bits per heavy atom. The molecule has 0 bridgehead atoms. The van der Waals surface area contributed by atoms with Crippen LogP contribution in [0.15, 0.2) is 36.5 Å². The molecule has 2 heterocycles. The Morgan fingerprint density at radius 2 is 2.15 bits per heavy atom. The number of carbonyl (C=O) groups is 1. The van der Waals surface area contributed by atoms with E-state index in [-0.39, 0.29) is 11.9 Å². The van der Waals surface area contributed by atoms with E-state index < -0.39 is 0 Å². The van der Waals surface area contributed by atoms with Gasteiger partial charge in [0.15, 0.2) is 0 Å². The summed E-state index contributed by atoms with van der Waals surface area (Å²) in [6, 6.07) is 10.2. The van der Waals surface area contributed by atoms with Crippen LogP contribution in [0.3, 0.4) is 0 Å². The van der Waals surface area contributed by atoms with Crippen LogP contribution in [0, 0.1) is 6.92 Å². The van der Waals surface area contributed by atoms with E-state index in [1.165, 1.54) is 5.56 Å². The number of benzene rings is 1. The zero-order valence-corrected chi connectivity index (χ0v) is 11.9. The molecule has 1 aromatic heterocycles. The third-order valence-corrected chi connectivity index (χ3v) is 3.85. The first-order valence-corrected chi connectivity index (χ1v) is 7.05. The molecule has 0 unspecified atom stereocenters. The fourth-order valence-corrected chi connectivity index (χ4v) is 2.73. The lowest BCUT2D eigenvalue weighted by molar-refractivity contribution is -0.119. The van der Waals surface area contributed by atoms with Gasteiger partial charge in [-0.1, -0.05) is 18.2 Å². The number of carbonyl (C=O) groups excluding carboxylic acids is 1. The molecule has 20 heavy (non-hydrogen) atoms. The van der Waals surface area contributed by atoms with Crippen LogP contribution in [0.2, 0.25) is 0 Å². The molecule has 1 aliphatic rings. The molecule has 3 rings (SSSR count). The van der Waals surface area contributed by atoms with Crippen molar-refractivity contribution >= 4 is 11.6 Å². The normalized spacial score (nSPS) is 15.2. The van der Waals surface area contributed by atoms with Gasteiger partial charge in [-0.05, 0) is 38.0 Å². The molecule has 104 valence electrons. The number of hydrogen-bond acceptors (Lipinski definition) is 2. The quantitative estimate of drug-likeness (QED) is 0.859. The molecule has 1 atom stereocenters. The molecule has 0 N–H and O–H groups in total. The zero-order valence-electron chi connectivity index (χ0n) is 11.9. The van der Waals surface area contributed by atoms with E-state index in [9.17, 15) is 4.79 Å². The molecule has 0 spiro atoms. The lowest BCUT2D eigenvalue weighted by atomic mass is 10.1. The maximum absolute atomic E-state index is 12.5. The first kappa shape index (κ1) is 12.9. The molecule has 0 fully saturated rings. The molecular formula is C16H19N3O. The van der Waals surface area contributed by atoms with Crippen LogP contribution in [-0.2, 0) is 11.2 Å².